The average Bonchev–Trinajstić information content (AvgIpc) is 2.61. The maximum Gasteiger partial charge on any atom is 0.417 e. The van der Waals surface area contributed by atoms with Gasteiger partial charge >= 0.3 is 6.18 Å². The zero-order valence-corrected chi connectivity index (χ0v) is 18.2. The third-order valence-corrected chi connectivity index (χ3v) is 8.44. The van der Waals surface area contributed by atoms with E-state index >= 15 is 0 Å². The van der Waals surface area contributed by atoms with Gasteiger partial charge in [-0.3, -0.25) is 0 Å². The summed E-state index contributed by atoms with van der Waals surface area (Å²) >= 11 is 6.42. The Morgan fingerprint density at radius 3 is 2.37 bits per heavy atom. The molecule has 0 spiro atoms. The summed E-state index contributed by atoms with van der Waals surface area (Å²) in [6, 6.07) is 3.05. The predicted molar refractivity (Wildman–Crippen MR) is 105 cm³/mol. The lowest BCUT2D eigenvalue weighted by molar-refractivity contribution is -0.138. The van der Waals surface area contributed by atoms with Gasteiger partial charge in [0.1, 0.15) is 0 Å². The van der Waals surface area contributed by atoms with E-state index in [4.69, 9.17) is 0 Å². The molecule has 1 saturated heterocycles. The summed E-state index contributed by atoms with van der Waals surface area (Å²) in [5.74, 6) is 0.558. The number of benzene rings is 1. The Balaban J connectivity index is 1.77. The molecule has 1 aromatic rings. The first-order chi connectivity index (χ1) is 12.6. The summed E-state index contributed by atoms with van der Waals surface area (Å²) in [6.07, 6.45) is 3.94. The molecule has 1 atom stereocenters. The molecule has 1 fully saturated rings. The van der Waals surface area contributed by atoms with Gasteiger partial charge in [0.05, 0.1) is 10.5 Å². The first-order valence-electron chi connectivity index (χ1n) is 8.50. The summed E-state index contributed by atoms with van der Waals surface area (Å²) in [6.45, 7) is 0.601. The molecule has 3 nitrogen and oxygen atoms in total. The number of allylic oxidation sites excluding steroid dienone is 4. The third-order valence-electron chi connectivity index (χ3n) is 5.00. The Morgan fingerprint density at radius 2 is 1.78 bits per heavy atom. The van der Waals surface area contributed by atoms with E-state index in [9.17, 15) is 21.6 Å². The van der Waals surface area contributed by atoms with E-state index in [1.165, 1.54) is 10.4 Å². The van der Waals surface area contributed by atoms with Crippen molar-refractivity contribution in [3.05, 3.63) is 50.9 Å². The van der Waals surface area contributed by atoms with Gasteiger partial charge in [-0.1, -0.05) is 50.1 Å². The third kappa shape index (κ3) is 4.52. The largest absolute Gasteiger partial charge is 0.417 e. The minimum absolute atomic E-state index is 0.173. The molecule has 1 heterocycles. The molecular formula is C18H18Br2F3NO2S. The van der Waals surface area contributed by atoms with Crippen molar-refractivity contribution in [2.24, 2.45) is 11.8 Å². The highest BCUT2D eigenvalue weighted by molar-refractivity contribution is 9.11. The maximum absolute atomic E-state index is 13.1. The number of hydrogen-bond acceptors (Lipinski definition) is 2. The standard InChI is InChI=1S/C18H18Br2F3NO2S/c19-16-4-2-1-3-14(16)12-7-9-24(10-8-12)27(25,26)13-5-6-17(20)15(11-13)18(21,22)23/h1,3-6,11-12,14H,2,7-10H2. The molecule has 0 aromatic heterocycles. The number of hydrogen-bond donors (Lipinski definition) is 0. The predicted octanol–water partition coefficient (Wildman–Crippen LogP) is 5.72. The lowest BCUT2D eigenvalue weighted by Crippen LogP contribution is -2.40. The highest BCUT2D eigenvalue weighted by atomic mass is 79.9. The molecule has 1 aliphatic heterocycles. The second-order valence-corrected chi connectivity index (χ2v) is 10.4. The lowest BCUT2D eigenvalue weighted by Gasteiger charge is -2.35. The fraction of sp³-hybridized carbons (Fsp3) is 0.444. The van der Waals surface area contributed by atoms with Gasteiger partial charge in [0.25, 0.3) is 0 Å². The minimum atomic E-state index is -4.62. The summed E-state index contributed by atoms with van der Waals surface area (Å²) in [5.41, 5.74) is -0.986. The van der Waals surface area contributed by atoms with Gasteiger partial charge in [0, 0.05) is 23.5 Å². The molecule has 0 saturated carbocycles. The van der Waals surface area contributed by atoms with Crippen LogP contribution in [0.1, 0.15) is 24.8 Å². The van der Waals surface area contributed by atoms with Crippen LogP contribution in [0.5, 0.6) is 0 Å². The van der Waals surface area contributed by atoms with Crippen molar-refractivity contribution in [3.63, 3.8) is 0 Å². The van der Waals surface area contributed by atoms with Crippen molar-refractivity contribution < 1.29 is 21.6 Å². The SMILES string of the molecule is O=S(=O)(c1ccc(Br)c(C(F)(F)F)c1)N1CCC(C2C=CCC=C2Br)CC1. The van der Waals surface area contributed by atoms with Crippen molar-refractivity contribution >= 4 is 41.9 Å². The van der Waals surface area contributed by atoms with Gasteiger partial charge in [-0.25, -0.2) is 8.42 Å². The van der Waals surface area contributed by atoms with Crippen LogP contribution in [-0.2, 0) is 16.2 Å². The van der Waals surface area contributed by atoms with E-state index < -0.39 is 21.8 Å². The van der Waals surface area contributed by atoms with Gasteiger partial charge in [-0.05, 0) is 47.9 Å². The topological polar surface area (TPSA) is 37.4 Å². The number of sulfonamides is 1. The van der Waals surface area contributed by atoms with Crippen LogP contribution in [0.3, 0.4) is 0 Å². The van der Waals surface area contributed by atoms with Crippen molar-refractivity contribution in [1.29, 1.82) is 0 Å². The van der Waals surface area contributed by atoms with Crippen molar-refractivity contribution in [1.82, 2.24) is 4.31 Å². The van der Waals surface area contributed by atoms with Gasteiger partial charge < -0.3 is 0 Å². The van der Waals surface area contributed by atoms with E-state index in [2.05, 4.69) is 50.1 Å². The molecule has 1 unspecified atom stereocenters. The molecule has 0 bridgehead atoms. The molecular weight excluding hydrogens is 511 g/mol. The molecule has 1 aromatic carbocycles. The molecule has 0 radical (unpaired) electrons. The van der Waals surface area contributed by atoms with Crippen LogP contribution in [0.15, 0.2) is 50.3 Å². The minimum Gasteiger partial charge on any atom is -0.207 e. The zero-order valence-electron chi connectivity index (χ0n) is 14.2. The zero-order chi connectivity index (χ0) is 19.8. The first kappa shape index (κ1) is 21.1. The Labute approximate surface area is 173 Å². The second kappa shape index (κ2) is 8.00. The normalized spacial score (nSPS) is 22.7. The van der Waals surface area contributed by atoms with Gasteiger partial charge in [-0.2, -0.15) is 17.5 Å². The van der Waals surface area contributed by atoms with E-state index in [1.807, 2.05) is 0 Å². The van der Waals surface area contributed by atoms with Crippen molar-refractivity contribution in [3.8, 4) is 0 Å². The van der Waals surface area contributed by atoms with Crippen LogP contribution in [0.2, 0.25) is 0 Å². The molecule has 9 heteroatoms. The molecule has 3 rings (SSSR count). The summed E-state index contributed by atoms with van der Waals surface area (Å²) in [5, 5.41) is 0. The Bertz CT molecular complexity index is 873. The molecule has 2 aliphatic rings. The highest BCUT2D eigenvalue weighted by Gasteiger charge is 2.37. The maximum atomic E-state index is 13.1. The van der Waals surface area contributed by atoms with E-state index in [1.54, 1.807) is 0 Å². The van der Waals surface area contributed by atoms with Crippen LogP contribution in [-0.4, -0.2) is 25.8 Å². The van der Waals surface area contributed by atoms with E-state index in [-0.39, 0.29) is 15.3 Å². The summed E-state index contributed by atoms with van der Waals surface area (Å²) in [7, 11) is -3.96. The summed E-state index contributed by atoms with van der Waals surface area (Å²) < 4.78 is 67.2. The molecule has 1 aliphatic carbocycles. The molecule has 148 valence electrons. The van der Waals surface area contributed by atoms with Crippen LogP contribution >= 0.6 is 31.9 Å². The smallest absolute Gasteiger partial charge is 0.207 e. The monoisotopic (exact) mass is 527 g/mol. The van der Waals surface area contributed by atoms with Crippen LogP contribution < -0.4 is 0 Å². The highest BCUT2D eigenvalue weighted by Crippen LogP contribution is 2.39. The second-order valence-electron chi connectivity index (χ2n) is 6.66. The Morgan fingerprint density at radius 1 is 1.11 bits per heavy atom. The number of piperidine rings is 1. The van der Waals surface area contributed by atoms with Crippen LogP contribution in [0.4, 0.5) is 13.2 Å². The lowest BCUT2D eigenvalue weighted by atomic mass is 9.83. The fourth-order valence-electron chi connectivity index (χ4n) is 3.52. The van der Waals surface area contributed by atoms with Crippen molar-refractivity contribution in [2.75, 3.05) is 13.1 Å². The van der Waals surface area contributed by atoms with Gasteiger partial charge in [0.2, 0.25) is 10.0 Å². The first-order valence-corrected chi connectivity index (χ1v) is 11.5. The number of rotatable bonds is 3. The fourth-order valence-corrected chi connectivity index (χ4v) is 6.20. The van der Waals surface area contributed by atoms with Crippen LogP contribution in [0.25, 0.3) is 0 Å². The summed E-state index contributed by atoms with van der Waals surface area (Å²) in [4.78, 5) is -0.324. The Hall–Kier alpha value is -0.640. The van der Waals surface area contributed by atoms with Crippen LogP contribution in [0, 0.1) is 11.8 Å². The Kier molecular flexibility index (Phi) is 6.25. The molecule has 0 amide bonds. The number of alkyl halides is 3. The van der Waals surface area contributed by atoms with E-state index in [0.29, 0.717) is 37.9 Å². The van der Waals surface area contributed by atoms with Gasteiger partial charge in [-0.15, -0.1) is 0 Å². The average molecular weight is 529 g/mol. The van der Waals surface area contributed by atoms with Crippen molar-refractivity contribution in [2.45, 2.75) is 30.3 Å². The van der Waals surface area contributed by atoms with E-state index in [0.717, 1.165) is 17.0 Å². The number of halogens is 5. The number of nitrogens with zero attached hydrogens (tertiary/aromatic N) is 1. The molecule has 0 N–H and O–H groups in total. The molecule has 27 heavy (non-hydrogen) atoms. The van der Waals surface area contributed by atoms with Gasteiger partial charge in [0.15, 0.2) is 0 Å². The quantitative estimate of drug-likeness (QED) is 0.470.